The zero-order valence-electron chi connectivity index (χ0n) is 8.46. The van der Waals surface area contributed by atoms with Crippen molar-refractivity contribution in [3.63, 3.8) is 0 Å². The summed E-state index contributed by atoms with van der Waals surface area (Å²) >= 11 is 1.51. The van der Waals surface area contributed by atoms with Crippen LogP contribution in [0.3, 0.4) is 0 Å². The highest BCUT2D eigenvalue weighted by atomic mass is 32.2. The van der Waals surface area contributed by atoms with E-state index in [1.807, 2.05) is 30.3 Å². The van der Waals surface area contributed by atoms with Crippen molar-refractivity contribution < 1.29 is 9.90 Å². The van der Waals surface area contributed by atoms with Gasteiger partial charge in [-0.15, -0.1) is 0 Å². The molecule has 0 aliphatic heterocycles. The summed E-state index contributed by atoms with van der Waals surface area (Å²) in [6.45, 7) is 0. The molecule has 0 saturated carbocycles. The highest BCUT2D eigenvalue weighted by Crippen LogP contribution is 2.30. The number of hydrogen-bond donors (Lipinski definition) is 1. The lowest BCUT2D eigenvalue weighted by Gasteiger charge is -2.04. The van der Waals surface area contributed by atoms with Crippen LogP contribution in [0.1, 0.15) is 10.4 Å². The van der Waals surface area contributed by atoms with Gasteiger partial charge in [0.25, 0.3) is 0 Å². The van der Waals surface area contributed by atoms with E-state index in [1.165, 1.54) is 11.8 Å². The molecule has 1 N–H and O–H groups in total. The summed E-state index contributed by atoms with van der Waals surface area (Å²) in [5.41, 5.74) is 0.681. The molecule has 0 aromatic heterocycles. The molecule has 0 fully saturated rings. The summed E-state index contributed by atoms with van der Waals surface area (Å²) in [5.74, 6) is 0.244. The fraction of sp³-hybridized carbons (Fsp3) is 0. The maximum absolute atomic E-state index is 10.8. The van der Waals surface area contributed by atoms with Gasteiger partial charge in [-0.25, -0.2) is 0 Å². The Bertz CT molecular complexity index is 492. The predicted molar refractivity (Wildman–Crippen MR) is 64.1 cm³/mol. The Morgan fingerprint density at radius 3 is 2.38 bits per heavy atom. The molecule has 0 spiro atoms. The number of benzene rings is 2. The molecular weight excluding hydrogens is 220 g/mol. The molecule has 0 bridgehead atoms. The summed E-state index contributed by atoms with van der Waals surface area (Å²) in [7, 11) is 0. The number of carbonyl (C=O) groups is 1. The molecule has 0 aliphatic rings. The van der Waals surface area contributed by atoms with Crippen molar-refractivity contribution >= 4 is 18.0 Å². The van der Waals surface area contributed by atoms with Crippen molar-refractivity contribution in [3.8, 4) is 5.75 Å². The second kappa shape index (κ2) is 4.86. The zero-order valence-corrected chi connectivity index (χ0v) is 9.28. The van der Waals surface area contributed by atoms with E-state index in [-0.39, 0.29) is 5.75 Å². The third-order valence-corrected chi connectivity index (χ3v) is 3.21. The van der Waals surface area contributed by atoms with Crippen LogP contribution in [0.2, 0.25) is 0 Å². The second-order valence-corrected chi connectivity index (χ2v) is 4.37. The van der Waals surface area contributed by atoms with Gasteiger partial charge in [-0.05, 0) is 30.3 Å². The Morgan fingerprint density at radius 1 is 1.00 bits per heavy atom. The van der Waals surface area contributed by atoms with Crippen molar-refractivity contribution in [2.24, 2.45) is 0 Å². The number of aldehydes is 1. The van der Waals surface area contributed by atoms with Crippen LogP contribution in [0.5, 0.6) is 5.75 Å². The van der Waals surface area contributed by atoms with Gasteiger partial charge in [-0.1, -0.05) is 30.0 Å². The second-order valence-electron chi connectivity index (χ2n) is 3.25. The first kappa shape index (κ1) is 10.8. The lowest BCUT2D eigenvalue weighted by molar-refractivity contribution is 0.112. The molecule has 3 heteroatoms. The molecule has 0 aliphatic carbocycles. The smallest absolute Gasteiger partial charge is 0.151 e. The first-order valence-electron chi connectivity index (χ1n) is 4.80. The number of aromatic hydroxyl groups is 1. The number of carbonyl (C=O) groups excluding carboxylic acids is 1. The minimum Gasteiger partial charge on any atom is -0.508 e. The molecule has 2 aromatic rings. The molecule has 2 nitrogen and oxygen atoms in total. The predicted octanol–water partition coefficient (Wildman–Crippen LogP) is 3.36. The maximum Gasteiger partial charge on any atom is 0.151 e. The van der Waals surface area contributed by atoms with Crippen molar-refractivity contribution in [2.75, 3.05) is 0 Å². The number of phenolic OH excluding ortho intramolecular Hbond substituents is 1. The van der Waals surface area contributed by atoms with Crippen LogP contribution >= 0.6 is 11.8 Å². The average molecular weight is 230 g/mol. The SMILES string of the molecule is O=Cc1ccccc1Sc1ccc(O)cc1. The van der Waals surface area contributed by atoms with E-state index in [4.69, 9.17) is 5.11 Å². The van der Waals surface area contributed by atoms with Crippen LogP contribution in [0.25, 0.3) is 0 Å². The summed E-state index contributed by atoms with van der Waals surface area (Å²) in [6, 6.07) is 14.3. The third-order valence-electron chi connectivity index (χ3n) is 2.11. The Labute approximate surface area is 97.9 Å². The van der Waals surface area contributed by atoms with Crippen LogP contribution in [-0.4, -0.2) is 11.4 Å². The van der Waals surface area contributed by atoms with Gasteiger partial charge in [0.2, 0.25) is 0 Å². The lowest BCUT2D eigenvalue weighted by Crippen LogP contribution is -1.83. The first-order valence-corrected chi connectivity index (χ1v) is 5.62. The van der Waals surface area contributed by atoms with Crippen LogP contribution in [0.15, 0.2) is 58.3 Å². The lowest BCUT2D eigenvalue weighted by atomic mass is 10.2. The fourth-order valence-corrected chi connectivity index (χ4v) is 2.22. The van der Waals surface area contributed by atoms with E-state index < -0.39 is 0 Å². The molecule has 16 heavy (non-hydrogen) atoms. The zero-order chi connectivity index (χ0) is 11.4. The quantitative estimate of drug-likeness (QED) is 0.821. The molecule has 0 unspecified atom stereocenters. The van der Waals surface area contributed by atoms with E-state index in [0.29, 0.717) is 5.56 Å². The van der Waals surface area contributed by atoms with Gasteiger partial charge in [0.05, 0.1) is 0 Å². The van der Waals surface area contributed by atoms with Crippen LogP contribution in [-0.2, 0) is 0 Å². The number of rotatable bonds is 3. The van der Waals surface area contributed by atoms with Gasteiger partial charge >= 0.3 is 0 Å². The van der Waals surface area contributed by atoms with Gasteiger partial charge in [0.1, 0.15) is 5.75 Å². The number of hydrogen-bond acceptors (Lipinski definition) is 3. The molecule has 0 radical (unpaired) electrons. The van der Waals surface area contributed by atoms with E-state index in [9.17, 15) is 4.79 Å². The standard InChI is InChI=1S/C13H10O2S/c14-9-10-3-1-2-4-13(10)16-12-7-5-11(15)6-8-12/h1-9,15H. The first-order chi connectivity index (χ1) is 7.79. The maximum atomic E-state index is 10.8. The van der Waals surface area contributed by atoms with Crippen LogP contribution in [0.4, 0.5) is 0 Å². The van der Waals surface area contributed by atoms with E-state index in [0.717, 1.165) is 16.1 Å². The normalized spacial score (nSPS) is 10.0. The Balaban J connectivity index is 2.26. The molecular formula is C13H10O2S. The van der Waals surface area contributed by atoms with Gasteiger partial charge in [-0.3, -0.25) is 4.79 Å². The highest BCUT2D eigenvalue weighted by Gasteiger charge is 2.02. The molecule has 2 rings (SSSR count). The van der Waals surface area contributed by atoms with Crippen LogP contribution < -0.4 is 0 Å². The molecule has 0 atom stereocenters. The number of phenols is 1. The van der Waals surface area contributed by atoms with Gasteiger partial charge in [0.15, 0.2) is 6.29 Å². The Kier molecular flexibility index (Phi) is 3.27. The van der Waals surface area contributed by atoms with Gasteiger partial charge in [-0.2, -0.15) is 0 Å². The van der Waals surface area contributed by atoms with Crippen molar-refractivity contribution in [1.29, 1.82) is 0 Å². The van der Waals surface area contributed by atoms with E-state index in [2.05, 4.69) is 0 Å². The Hall–Kier alpha value is -1.74. The largest absolute Gasteiger partial charge is 0.508 e. The minimum atomic E-state index is 0.244. The fourth-order valence-electron chi connectivity index (χ4n) is 1.31. The molecule has 80 valence electrons. The summed E-state index contributed by atoms with van der Waals surface area (Å²) in [4.78, 5) is 12.7. The van der Waals surface area contributed by atoms with Crippen molar-refractivity contribution in [3.05, 3.63) is 54.1 Å². The summed E-state index contributed by atoms with van der Waals surface area (Å²) < 4.78 is 0. The molecule has 0 amide bonds. The van der Waals surface area contributed by atoms with Crippen LogP contribution in [0, 0.1) is 0 Å². The third kappa shape index (κ3) is 2.44. The molecule has 0 heterocycles. The van der Waals surface area contributed by atoms with Crippen molar-refractivity contribution in [2.45, 2.75) is 9.79 Å². The van der Waals surface area contributed by atoms with E-state index in [1.54, 1.807) is 18.2 Å². The highest BCUT2D eigenvalue weighted by molar-refractivity contribution is 7.99. The summed E-state index contributed by atoms with van der Waals surface area (Å²) in [6.07, 6.45) is 0.850. The summed E-state index contributed by atoms with van der Waals surface area (Å²) in [5, 5.41) is 9.16. The topological polar surface area (TPSA) is 37.3 Å². The van der Waals surface area contributed by atoms with E-state index >= 15 is 0 Å². The Morgan fingerprint density at radius 2 is 1.69 bits per heavy atom. The van der Waals surface area contributed by atoms with Crippen molar-refractivity contribution in [1.82, 2.24) is 0 Å². The van der Waals surface area contributed by atoms with Gasteiger partial charge < -0.3 is 5.11 Å². The molecule has 2 aromatic carbocycles. The average Bonchev–Trinajstić information content (AvgIpc) is 2.33. The minimum absolute atomic E-state index is 0.244. The molecule has 0 saturated heterocycles. The van der Waals surface area contributed by atoms with Gasteiger partial charge in [0, 0.05) is 15.4 Å². The monoisotopic (exact) mass is 230 g/mol.